The number of carbonyl (C=O) groups excluding carboxylic acids is 1. The van der Waals surface area contributed by atoms with Gasteiger partial charge in [-0.2, -0.15) is 0 Å². The number of amides is 1. The number of anilines is 1. The number of carbonyl (C=O) groups is 1. The number of rotatable bonds is 6. The Hall–Kier alpha value is -2.12. The number of thiazole rings is 1. The van der Waals surface area contributed by atoms with Crippen molar-refractivity contribution in [2.45, 2.75) is 33.2 Å². The van der Waals surface area contributed by atoms with Gasteiger partial charge in [-0.3, -0.25) is 15.0 Å². The van der Waals surface area contributed by atoms with Gasteiger partial charge in [-0.25, -0.2) is 4.98 Å². The first-order valence-electron chi connectivity index (χ1n) is 9.21. The summed E-state index contributed by atoms with van der Waals surface area (Å²) in [5.41, 5.74) is 1.46. The van der Waals surface area contributed by atoms with Crippen LogP contribution in [0.2, 0.25) is 0 Å². The minimum Gasteiger partial charge on any atom is -0.497 e. The molecule has 1 N–H and O–H groups in total. The predicted molar refractivity (Wildman–Crippen MR) is 108 cm³/mol. The second kappa shape index (κ2) is 8.71. The van der Waals surface area contributed by atoms with Crippen molar-refractivity contribution in [1.29, 1.82) is 0 Å². The quantitative estimate of drug-likeness (QED) is 0.810. The Kier molecular flexibility index (Phi) is 6.34. The lowest BCUT2D eigenvalue weighted by Gasteiger charge is -2.29. The number of benzene rings is 1. The van der Waals surface area contributed by atoms with Crippen molar-refractivity contribution < 1.29 is 14.3 Å². The third kappa shape index (κ3) is 4.99. The van der Waals surface area contributed by atoms with Crippen LogP contribution in [0.3, 0.4) is 0 Å². The molecule has 2 aromatic rings. The van der Waals surface area contributed by atoms with Crippen LogP contribution in [-0.2, 0) is 6.54 Å². The van der Waals surface area contributed by atoms with Crippen LogP contribution >= 0.6 is 11.3 Å². The fourth-order valence-corrected chi connectivity index (χ4v) is 4.16. The zero-order valence-electron chi connectivity index (χ0n) is 16.4. The van der Waals surface area contributed by atoms with E-state index in [1.165, 1.54) is 17.7 Å². The van der Waals surface area contributed by atoms with Crippen molar-refractivity contribution in [2.75, 3.05) is 32.6 Å². The van der Waals surface area contributed by atoms with Crippen LogP contribution in [0.25, 0.3) is 0 Å². The molecule has 1 aliphatic rings. The molecule has 3 rings (SSSR count). The first-order valence-corrected chi connectivity index (χ1v) is 10.0. The Morgan fingerprint density at radius 1 is 1.22 bits per heavy atom. The highest BCUT2D eigenvalue weighted by atomic mass is 32.1. The Morgan fingerprint density at radius 2 is 1.85 bits per heavy atom. The summed E-state index contributed by atoms with van der Waals surface area (Å²) >= 11 is 1.55. The van der Waals surface area contributed by atoms with Gasteiger partial charge in [-0.05, 0) is 50.9 Å². The molecule has 0 spiro atoms. The minimum atomic E-state index is -0.223. The van der Waals surface area contributed by atoms with Crippen LogP contribution in [0.5, 0.6) is 11.5 Å². The van der Waals surface area contributed by atoms with E-state index in [2.05, 4.69) is 22.1 Å². The monoisotopic (exact) mass is 389 g/mol. The summed E-state index contributed by atoms with van der Waals surface area (Å²) in [7, 11) is 3.13. The molecular formula is C20H27N3O3S. The first kappa shape index (κ1) is 19.6. The van der Waals surface area contributed by atoms with E-state index < -0.39 is 0 Å². The molecule has 0 aliphatic carbocycles. The maximum Gasteiger partial charge on any atom is 0.257 e. The molecular weight excluding hydrogens is 362 g/mol. The average molecular weight is 390 g/mol. The van der Waals surface area contributed by atoms with Crippen molar-refractivity contribution in [3.8, 4) is 11.5 Å². The molecule has 1 saturated heterocycles. The molecule has 0 saturated carbocycles. The minimum absolute atomic E-state index is 0.223. The lowest BCUT2D eigenvalue weighted by molar-refractivity contribution is 0.102. The summed E-state index contributed by atoms with van der Waals surface area (Å²) in [4.78, 5) is 20.9. The molecule has 146 valence electrons. The van der Waals surface area contributed by atoms with Crippen molar-refractivity contribution in [2.24, 2.45) is 5.92 Å². The number of nitrogens with one attached hydrogen (secondary N) is 1. The van der Waals surface area contributed by atoms with Crippen molar-refractivity contribution in [1.82, 2.24) is 9.88 Å². The lowest BCUT2D eigenvalue weighted by atomic mass is 9.99. The van der Waals surface area contributed by atoms with Gasteiger partial charge in [0.15, 0.2) is 5.13 Å². The highest BCUT2D eigenvalue weighted by molar-refractivity contribution is 7.15. The Morgan fingerprint density at radius 3 is 2.44 bits per heavy atom. The van der Waals surface area contributed by atoms with Crippen LogP contribution in [0.1, 0.15) is 40.7 Å². The molecule has 1 amide bonds. The van der Waals surface area contributed by atoms with Gasteiger partial charge in [-0.1, -0.05) is 6.92 Å². The van der Waals surface area contributed by atoms with E-state index in [4.69, 9.17) is 9.47 Å². The number of nitrogens with zero attached hydrogens (tertiary/aromatic N) is 2. The zero-order chi connectivity index (χ0) is 19.4. The fourth-order valence-electron chi connectivity index (χ4n) is 3.16. The van der Waals surface area contributed by atoms with E-state index in [1.54, 1.807) is 43.8 Å². The molecule has 2 heterocycles. The fraction of sp³-hybridized carbons (Fsp3) is 0.500. The van der Waals surface area contributed by atoms with Crippen molar-refractivity contribution >= 4 is 22.4 Å². The number of aryl methyl sites for hydroxylation is 1. The van der Waals surface area contributed by atoms with E-state index >= 15 is 0 Å². The largest absolute Gasteiger partial charge is 0.497 e. The molecule has 6 nitrogen and oxygen atoms in total. The van der Waals surface area contributed by atoms with E-state index in [1.807, 2.05) is 6.92 Å². The summed E-state index contributed by atoms with van der Waals surface area (Å²) < 4.78 is 10.5. The van der Waals surface area contributed by atoms with Gasteiger partial charge in [0.1, 0.15) is 11.5 Å². The van der Waals surface area contributed by atoms with E-state index in [-0.39, 0.29) is 5.91 Å². The topological polar surface area (TPSA) is 63.7 Å². The average Bonchev–Trinajstić information content (AvgIpc) is 3.01. The molecule has 7 heteroatoms. The number of piperidine rings is 1. The Labute approximate surface area is 164 Å². The van der Waals surface area contributed by atoms with Gasteiger partial charge in [0.05, 0.1) is 19.9 Å². The number of hydrogen-bond acceptors (Lipinski definition) is 6. The number of aromatic nitrogens is 1. The molecule has 1 fully saturated rings. The molecule has 1 aromatic heterocycles. The SMILES string of the molecule is COc1cc(OC)cc(C(=O)Nc2nc(C)c(CN3CCC(C)CC3)s2)c1. The summed E-state index contributed by atoms with van der Waals surface area (Å²) in [5, 5.41) is 3.53. The molecule has 0 radical (unpaired) electrons. The molecule has 1 aromatic carbocycles. The second-order valence-corrected chi connectivity index (χ2v) is 8.13. The third-order valence-electron chi connectivity index (χ3n) is 4.97. The van der Waals surface area contributed by atoms with E-state index in [0.717, 1.165) is 31.2 Å². The first-order chi connectivity index (χ1) is 13.0. The van der Waals surface area contributed by atoms with Crippen LogP contribution in [0.4, 0.5) is 5.13 Å². The van der Waals surface area contributed by atoms with Gasteiger partial charge in [0, 0.05) is 23.1 Å². The number of methoxy groups -OCH3 is 2. The van der Waals surface area contributed by atoms with Crippen LogP contribution < -0.4 is 14.8 Å². The summed E-state index contributed by atoms with van der Waals surface area (Å²) in [6.45, 7) is 7.48. The number of ether oxygens (including phenoxy) is 2. The smallest absolute Gasteiger partial charge is 0.257 e. The normalized spacial score (nSPS) is 15.6. The van der Waals surface area contributed by atoms with Crippen LogP contribution in [-0.4, -0.2) is 43.1 Å². The van der Waals surface area contributed by atoms with E-state index in [9.17, 15) is 4.79 Å². The highest BCUT2D eigenvalue weighted by Gasteiger charge is 2.19. The molecule has 0 atom stereocenters. The van der Waals surface area contributed by atoms with E-state index in [0.29, 0.717) is 22.2 Å². The van der Waals surface area contributed by atoms with Gasteiger partial charge >= 0.3 is 0 Å². The molecule has 0 unspecified atom stereocenters. The third-order valence-corrected chi connectivity index (χ3v) is 6.03. The maximum atomic E-state index is 12.6. The molecule has 27 heavy (non-hydrogen) atoms. The maximum absolute atomic E-state index is 12.6. The summed E-state index contributed by atoms with van der Waals surface area (Å²) in [6.07, 6.45) is 2.50. The van der Waals surface area contributed by atoms with Crippen LogP contribution in [0, 0.1) is 12.8 Å². The Bertz CT molecular complexity index is 776. The number of hydrogen-bond donors (Lipinski definition) is 1. The number of likely N-dealkylation sites (tertiary alicyclic amines) is 1. The van der Waals surface area contributed by atoms with Crippen LogP contribution in [0.15, 0.2) is 18.2 Å². The highest BCUT2D eigenvalue weighted by Crippen LogP contribution is 2.28. The standard InChI is InChI=1S/C20H27N3O3S/c1-13-5-7-23(8-6-13)12-18-14(2)21-20(27-18)22-19(24)15-9-16(25-3)11-17(10-15)26-4/h9-11,13H,5-8,12H2,1-4H3,(H,21,22,24). The van der Waals surface area contributed by atoms with Gasteiger partial charge < -0.3 is 9.47 Å². The molecule has 1 aliphatic heterocycles. The Balaban J connectivity index is 1.68. The van der Waals surface area contributed by atoms with Gasteiger partial charge in [0.25, 0.3) is 5.91 Å². The summed E-state index contributed by atoms with van der Waals surface area (Å²) in [5.74, 6) is 1.75. The predicted octanol–water partition coefficient (Wildman–Crippen LogP) is 3.95. The van der Waals surface area contributed by atoms with Crippen molar-refractivity contribution in [3.63, 3.8) is 0 Å². The van der Waals surface area contributed by atoms with Gasteiger partial charge in [0.2, 0.25) is 0 Å². The second-order valence-electron chi connectivity index (χ2n) is 7.04. The molecule has 0 bridgehead atoms. The zero-order valence-corrected chi connectivity index (χ0v) is 17.2. The van der Waals surface area contributed by atoms with Gasteiger partial charge in [-0.15, -0.1) is 11.3 Å². The van der Waals surface area contributed by atoms with Crippen molar-refractivity contribution in [3.05, 3.63) is 34.3 Å². The lowest BCUT2D eigenvalue weighted by Crippen LogP contribution is -2.32. The summed E-state index contributed by atoms with van der Waals surface area (Å²) in [6, 6.07) is 5.12.